The number of carbonyl (C=O) groups excluding carboxylic acids is 2. The van der Waals surface area contributed by atoms with Crippen molar-refractivity contribution in [2.24, 2.45) is 0 Å². The second kappa shape index (κ2) is 11.6. The van der Waals surface area contributed by atoms with Crippen molar-refractivity contribution in [1.82, 2.24) is 10.2 Å². The Labute approximate surface area is 201 Å². The second-order valence-corrected chi connectivity index (χ2v) is 9.63. The molecule has 0 aromatic heterocycles. The van der Waals surface area contributed by atoms with E-state index in [1.807, 2.05) is 31.2 Å². The summed E-state index contributed by atoms with van der Waals surface area (Å²) >= 11 is 12.3. The molecule has 2 rings (SSSR count). The van der Waals surface area contributed by atoms with Gasteiger partial charge in [-0.25, -0.2) is 0 Å². The molecule has 2 aromatic carbocycles. The van der Waals surface area contributed by atoms with E-state index in [0.717, 1.165) is 6.42 Å². The van der Waals surface area contributed by atoms with Crippen LogP contribution in [0.3, 0.4) is 0 Å². The molecule has 2 aromatic rings. The Morgan fingerprint density at radius 3 is 2.31 bits per heavy atom. The van der Waals surface area contributed by atoms with Gasteiger partial charge in [-0.2, -0.15) is 0 Å². The molecule has 0 radical (unpaired) electrons. The molecule has 0 aliphatic rings. The fourth-order valence-corrected chi connectivity index (χ4v) is 3.56. The monoisotopic (exact) mass is 478 g/mol. The van der Waals surface area contributed by atoms with Gasteiger partial charge in [0.05, 0.1) is 0 Å². The number of amides is 2. The molecule has 32 heavy (non-hydrogen) atoms. The molecule has 0 aliphatic carbocycles. The van der Waals surface area contributed by atoms with Crippen LogP contribution in [0.4, 0.5) is 0 Å². The van der Waals surface area contributed by atoms with Gasteiger partial charge in [0, 0.05) is 23.1 Å². The van der Waals surface area contributed by atoms with E-state index >= 15 is 0 Å². The number of halogens is 2. The summed E-state index contributed by atoms with van der Waals surface area (Å²) in [5.41, 5.74) is 1.91. The standard InChI is InChI=1S/C25H32Cl2N2O3/c1-6-13-28-24(31)17(2)29(15-18-7-10-20(26)14-22(18)27)23(30)16-32-21-11-8-19(9-12-21)25(3,4)5/h7-12,14,17H,6,13,15-16H2,1-5H3,(H,28,31)/t17-/m1/s1. The van der Waals surface area contributed by atoms with Crippen LogP contribution in [0.2, 0.25) is 10.0 Å². The largest absolute Gasteiger partial charge is 0.484 e. The second-order valence-electron chi connectivity index (χ2n) is 8.79. The molecule has 0 aliphatic heterocycles. The van der Waals surface area contributed by atoms with Gasteiger partial charge < -0.3 is 15.0 Å². The highest BCUT2D eigenvalue weighted by Gasteiger charge is 2.27. The Kier molecular flexibility index (Phi) is 9.41. The van der Waals surface area contributed by atoms with Gasteiger partial charge in [0.15, 0.2) is 6.61 Å². The molecule has 1 N–H and O–H groups in total. The zero-order valence-electron chi connectivity index (χ0n) is 19.4. The highest BCUT2D eigenvalue weighted by molar-refractivity contribution is 6.35. The van der Waals surface area contributed by atoms with Crippen molar-refractivity contribution >= 4 is 35.0 Å². The minimum absolute atomic E-state index is 0.0320. The van der Waals surface area contributed by atoms with Gasteiger partial charge in [-0.15, -0.1) is 0 Å². The maximum atomic E-state index is 13.1. The number of hydrogen-bond donors (Lipinski definition) is 1. The predicted octanol–water partition coefficient (Wildman–Crippen LogP) is 5.61. The van der Waals surface area contributed by atoms with Crippen LogP contribution in [0.15, 0.2) is 42.5 Å². The van der Waals surface area contributed by atoms with E-state index in [0.29, 0.717) is 27.9 Å². The van der Waals surface area contributed by atoms with E-state index in [1.54, 1.807) is 25.1 Å². The molecule has 0 unspecified atom stereocenters. The molecule has 0 spiro atoms. The first-order chi connectivity index (χ1) is 15.0. The van der Waals surface area contributed by atoms with Gasteiger partial charge in [0.25, 0.3) is 5.91 Å². The van der Waals surface area contributed by atoms with E-state index in [9.17, 15) is 9.59 Å². The van der Waals surface area contributed by atoms with Gasteiger partial charge in [0.1, 0.15) is 11.8 Å². The van der Waals surface area contributed by atoms with Gasteiger partial charge in [-0.3, -0.25) is 9.59 Å². The topological polar surface area (TPSA) is 58.6 Å². The summed E-state index contributed by atoms with van der Waals surface area (Å²) in [5.74, 6) is 0.0637. The molecule has 5 nitrogen and oxygen atoms in total. The van der Waals surface area contributed by atoms with Crippen LogP contribution in [-0.4, -0.2) is 35.9 Å². The summed E-state index contributed by atoms with van der Waals surface area (Å²) in [6, 6.07) is 12.1. The van der Waals surface area contributed by atoms with E-state index in [-0.39, 0.29) is 30.4 Å². The van der Waals surface area contributed by atoms with E-state index < -0.39 is 6.04 Å². The Morgan fingerprint density at radius 2 is 1.75 bits per heavy atom. The van der Waals surface area contributed by atoms with Crippen LogP contribution < -0.4 is 10.1 Å². The zero-order valence-corrected chi connectivity index (χ0v) is 20.9. The lowest BCUT2D eigenvalue weighted by Gasteiger charge is -2.29. The fourth-order valence-electron chi connectivity index (χ4n) is 3.09. The Bertz CT molecular complexity index is 924. The van der Waals surface area contributed by atoms with Gasteiger partial charge in [-0.05, 0) is 54.2 Å². The van der Waals surface area contributed by atoms with Crippen LogP contribution in [0.5, 0.6) is 5.75 Å². The van der Waals surface area contributed by atoms with Crippen molar-refractivity contribution in [3.05, 3.63) is 63.6 Å². The zero-order chi connectivity index (χ0) is 23.9. The number of nitrogens with one attached hydrogen (secondary N) is 1. The first-order valence-electron chi connectivity index (χ1n) is 10.8. The van der Waals surface area contributed by atoms with Crippen molar-refractivity contribution in [3.63, 3.8) is 0 Å². The molecule has 0 heterocycles. The average Bonchev–Trinajstić information content (AvgIpc) is 2.74. The van der Waals surface area contributed by atoms with Crippen molar-refractivity contribution in [1.29, 1.82) is 0 Å². The van der Waals surface area contributed by atoms with Crippen molar-refractivity contribution in [2.45, 2.75) is 59.0 Å². The highest BCUT2D eigenvalue weighted by Crippen LogP contribution is 2.25. The Hall–Kier alpha value is -2.24. The van der Waals surface area contributed by atoms with E-state index in [2.05, 4.69) is 26.1 Å². The highest BCUT2D eigenvalue weighted by atomic mass is 35.5. The molecule has 174 valence electrons. The first-order valence-corrected chi connectivity index (χ1v) is 11.5. The van der Waals surface area contributed by atoms with Crippen molar-refractivity contribution in [3.8, 4) is 5.75 Å². The lowest BCUT2D eigenvalue weighted by atomic mass is 9.87. The lowest BCUT2D eigenvalue weighted by molar-refractivity contribution is -0.142. The van der Waals surface area contributed by atoms with Crippen LogP contribution in [0.25, 0.3) is 0 Å². The summed E-state index contributed by atoms with van der Waals surface area (Å²) < 4.78 is 5.74. The van der Waals surface area contributed by atoms with Crippen LogP contribution in [0.1, 0.15) is 52.2 Å². The third kappa shape index (κ3) is 7.42. The smallest absolute Gasteiger partial charge is 0.261 e. The summed E-state index contributed by atoms with van der Waals surface area (Å²) in [6.07, 6.45) is 0.809. The van der Waals surface area contributed by atoms with Crippen molar-refractivity contribution < 1.29 is 14.3 Å². The molecular formula is C25H32Cl2N2O3. The average molecular weight is 479 g/mol. The maximum Gasteiger partial charge on any atom is 0.261 e. The molecule has 0 fully saturated rings. The summed E-state index contributed by atoms with van der Waals surface area (Å²) in [7, 11) is 0. The number of nitrogens with zero attached hydrogens (tertiary/aromatic N) is 1. The molecule has 2 amide bonds. The summed E-state index contributed by atoms with van der Waals surface area (Å²) in [4.78, 5) is 27.2. The number of rotatable bonds is 9. The maximum absolute atomic E-state index is 13.1. The van der Waals surface area contributed by atoms with Crippen LogP contribution in [0, 0.1) is 0 Å². The van der Waals surface area contributed by atoms with E-state index in [4.69, 9.17) is 27.9 Å². The van der Waals surface area contributed by atoms with E-state index in [1.165, 1.54) is 10.5 Å². The molecule has 7 heteroatoms. The number of hydrogen-bond acceptors (Lipinski definition) is 3. The predicted molar refractivity (Wildman–Crippen MR) is 130 cm³/mol. The van der Waals surface area contributed by atoms with Gasteiger partial charge >= 0.3 is 0 Å². The normalized spacial score (nSPS) is 12.2. The lowest BCUT2D eigenvalue weighted by Crippen LogP contribution is -2.49. The number of benzene rings is 2. The van der Waals surface area contributed by atoms with Crippen LogP contribution >= 0.6 is 23.2 Å². The first kappa shape index (κ1) is 26.0. The molecule has 0 bridgehead atoms. The number of ether oxygens (including phenoxy) is 1. The molecule has 1 atom stereocenters. The third-order valence-corrected chi connectivity index (χ3v) is 5.74. The van der Waals surface area contributed by atoms with Gasteiger partial charge in [0.2, 0.25) is 5.91 Å². The van der Waals surface area contributed by atoms with Gasteiger partial charge in [-0.1, -0.05) is 69.1 Å². The summed E-state index contributed by atoms with van der Waals surface area (Å²) in [6.45, 7) is 10.6. The SMILES string of the molecule is CCCNC(=O)[C@@H](C)N(Cc1ccc(Cl)cc1Cl)C(=O)COc1ccc(C(C)(C)C)cc1. The molecular weight excluding hydrogens is 447 g/mol. The fraction of sp³-hybridized carbons (Fsp3) is 0.440. The number of carbonyl (C=O) groups is 2. The summed E-state index contributed by atoms with van der Waals surface area (Å²) in [5, 5.41) is 3.79. The minimum Gasteiger partial charge on any atom is -0.484 e. The van der Waals surface area contributed by atoms with Crippen LogP contribution in [-0.2, 0) is 21.5 Å². The molecule has 0 saturated heterocycles. The van der Waals surface area contributed by atoms with Crippen molar-refractivity contribution in [2.75, 3.05) is 13.2 Å². The third-order valence-electron chi connectivity index (χ3n) is 5.15. The Morgan fingerprint density at radius 1 is 1.09 bits per heavy atom. The molecule has 0 saturated carbocycles. The Balaban J connectivity index is 2.16. The quantitative estimate of drug-likeness (QED) is 0.509. The minimum atomic E-state index is -0.687.